The number of benzene rings is 1. The first kappa shape index (κ1) is 17.6. The fraction of sp³-hybridized carbons (Fsp3) is 0.421. The zero-order chi connectivity index (χ0) is 18.6. The molecule has 0 amide bonds. The molecule has 0 aliphatic rings. The van der Waals surface area contributed by atoms with Crippen LogP contribution in [0.3, 0.4) is 0 Å². The Kier molecular flexibility index (Phi) is 3.99. The summed E-state index contributed by atoms with van der Waals surface area (Å²) in [5.74, 6) is 0.335. The maximum Gasteiger partial charge on any atom is 0.291 e. The van der Waals surface area contributed by atoms with E-state index in [0.717, 1.165) is 16.7 Å². The molecule has 0 saturated carbocycles. The normalized spacial score (nSPS) is 13.8. The molecule has 3 rings (SSSR count). The van der Waals surface area contributed by atoms with Gasteiger partial charge in [-0.25, -0.2) is 4.98 Å². The fourth-order valence-corrected chi connectivity index (χ4v) is 3.69. The lowest BCUT2D eigenvalue weighted by Gasteiger charge is -2.27. The topological polar surface area (TPSA) is 67.5 Å². The van der Waals surface area contributed by atoms with Gasteiger partial charge in [-0.3, -0.25) is 4.79 Å². The quantitative estimate of drug-likeness (QED) is 0.727. The van der Waals surface area contributed by atoms with Crippen molar-refractivity contribution < 1.29 is 5.11 Å². The van der Waals surface area contributed by atoms with Crippen LogP contribution >= 0.6 is 11.3 Å². The average molecular weight is 357 g/mol. The van der Waals surface area contributed by atoms with Crippen LogP contribution in [0.2, 0.25) is 0 Å². The van der Waals surface area contributed by atoms with Crippen LogP contribution in [0, 0.1) is 0 Å². The number of phenols is 1. The summed E-state index contributed by atoms with van der Waals surface area (Å²) in [5, 5.41) is 14.7. The van der Waals surface area contributed by atoms with Gasteiger partial charge >= 0.3 is 0 Å². The summed E-state index contributed by atoms with van der Waals surface area (Å²) >= 11 is 1.32. The van der Waals surface area contributed by atoms with E-state index in [1.807, 2.05) is 18.2 Å². The van der Waals surface area contributed by atoms with Gasteiger partial charge in [0.1, 0.15) is 12.1 Å². The van der Waals surface area contributed by atoms with Crippen molar-refractivity contribution in [2.75, 3.05) is 0 Å². The molecule has 0 fully saturated rings. The standard InChI is InChI=1S/C19H23N3O2S/c1-18(2,3)12-7-11(8-13(15(12)23)19(4,5)6)9-14-16(24)22-17(25-14)20-10-21-22/h7-10,23H,1-6H3/b14-9-. The van der Waals surface area contributed by atoms with Gasteiger partial charge in [0.15, 0.2) is 0 Å². The summed E-state index contributed by atoms with van der Waals surface area (Å²) in [6, 6.07) is 3.92. The second-order valence-electron chi connectivity index (χ2n) is 8.33. The molecule has 5 nitrogen and oxygen atoms in total. The third kappa shape index (κ3) is 3.18. The third-order valence-corrected chi connectivity index (χ3v) is 5.14. The minimum absolute atomic E-state index is 0.166. The molecule has 0 atom stereocenters. The van der Waals surface area contributed by atoms with Crippen molar-refractivity contribution >= 4 is 22.4 Å². The van der Waals surface area contributed by atoms with E-state index in [1.54, 1.807) is 0 Å². The maximum absolute atomic E-state index is 12.4. The van der Waals surface area contributed by atoms with Crippen molar-refractivity contribution in [2.45, 2.75) is 52.4 Å². The highest BCUT2D eigenvalue weighted by atomic mass is 32.1. The van der Waals surface area contributed by atoms with Gasteiger partial charge in [-0.05, 0) is 34.6 Å². The summed E-state index contributed by atoms with van der Waals surface area (Å²) in [4.78, 5) is 17.1. The maximum atomic E-state index is 12.4. The van der Waals surface area contributed by atoms with Crippen LogP contribution in [0.4, 0.5) is 0 Å². The van der Waals surface area contributed by atoms with Crippen molar-refractivity contribution in [2.24, 2.45) is 0 Å². The summed E-state index contributed by atoms with van der Waals surface area (Å²) in [6.07, 6.45) is 3.24. The van der Waals surface area contributed by atoms with Crippen LogP contribution < -0.4 is 10.1 Å². The number of nitrogens with zero attached hydrogens (tertiary/aromatic N) is 3. The molecule has 25 heavy (non-hydrogen) atoms. The fourth-order valence-electron chi connectivity index (χ4n) is 2.81. The van der Waals surface area contributed by atoms with E-state index >= 15 is 0 Å². The summed E-state index contributed by atoms with van der Waals surface area (Å²) in [7, 11) is 0. The molecule has 6 heteroatoms. The molecule has 0 spiro atoms. The van der Waals surface area contributed by atoms with Crippen LogP contribution in [0.5, 0.6) is 5.75 Å². The molecular weight excluding hydrogens is 334 g/mol. The molecule has 1 aromatic carbocycles. The zero-order valence-electron chi connectivity index (χ0n) is 15.4. The number of hydrogen-bond donors (Lipinski definition) is 1. The molecule has 0 aliphatic heterocycles. The minimum Gasteiger partial charge on any atom is -0.507 e. The lowest BCUT2D eigenvalue weighted by Crippen LogP contribution is -2.24. The van der Waals surface area contributed by atoms with E-state index in [0.29, 0.717) is 15.2 Å². The van der Waals surface area contributed by atoms with Crippen molar-refractivity contribution in [3.05, 3.63) is 50.0 Å². The summed E-state index contributed by atoms with van der Waals surface area (Å²) < 4.78 is 1.90. The van der Waals surface area contributed by atoms with E-state index in [2.05, 4.69) is 51.6 Å². The molecule has 2 aromatic heterocycles. The Balaban J connectivity index is 2.29. The Hall–Kier alpha value is -2.21. The SMILES string of the molecule is CC(C)(C)c1cc(/C=c2\sc3ncnn3c2=O)cc(C(C)(C)C)c1O. The van der Waals surface area contributed by atoms with Crippen LogP contribution in [0.25, 0.3) is 11.0 Å². The molecule has 0 saturated heterocycles. The zero-order valence-corrected chi connectivity index (χ0v) is 16.2. The monoisotopic (exact) mass is 357 g/mol. The molecule has 0 bridgehead atoms. The Labute approximate surface area is 150 Å². The molecule has 3 aromatic rings. The van der Waals surface area contributed by atoms with E-state index in [4.69, 9.17) is 0 Å². The number of fused-ring (bicyclic) bond motifs is 1. The number of aromatic hydroxyl groups is 1. The Morgan fingerprint density at radius 3 is 2.12 bits per heavy atom. The van der Waals surface area contributed by atoms with E-state index < -0.39 is 0 Å². The molecule has 0 aliphatic carbocycles. The number of phenolic OH excluding ortho intramolecular Hbond substituents is 1. The second kappa shape index (κ2) is 5.66. The van der Waals surface area contributed by atoms with Crippen molar-refractivity contribution in [3.8, 4) is 5.75 Å². The first-order valence-electron chi connectivity index (χ1n) is 8.21. The Morgan fingerprint density at radius 1 is 1.08 bits per heavy atom. The van der Waals surface area contributed by atoms with Crippen LogP contribution in [-0.4, -0.2) is 19.7 Å². The minimum atomic E-state index is -0.209. The van der Waals surface area contributed by atoms with Gasteiger partial charge in [0.05, 0.1) is 4.53 Å². The number of thiazole rings is 1. The average Bonchev–Trinajstić information content (AvgIpc) is 3.02. The van der Waals surface area contributed by atoms with Gasteiger partial charge < -0.3 is 5.11 Å². The molecule has 2 heterocycles. The van der Waals surface area contributed by atoms with Crippen molar-refractivity contribution in [3.63, 3.8) is 0 Å². The highest BCUT2D eigenvalue weighted by Gasteiger charge is 2.26. The van der Waals surface area contributed by atoms with Crippen LogP contribution in [-0.2, 0) is 10.8 Å². The lowest BCUT2D eigenvalue weighted by atomic mass is 9.78. The Bertz CT molecular complexity index is 1010. The summed E-state index contributed by atoms with van der Waals surface area (Å²) in [6.45, 7) is 12.4. The molecule has 132 valence electrons. The lowest BCUT2D eigenvalue weighted by molar-refractivity contribution is 0.423. The van der Waals surface area contributed by atoms with E-state index in [-0.39, 0.29) is 16.4 Å². The highest BCUT2D eigenvalue weighted by Crippen LogP contribution is 2.39. The van der Waals surface area contributed by atoms with Crippen LogP contribution in [0.1, 0.15) is 58.2 Å². The number of rotatable bonds is 1. The van der Waals surface area contributed by atoms with Crippen molar-refractivity contribution in [1.82, 2.24) is 14.6 Å². The largest absolute Gasteiger partial charge is 0.507 e. The number of hydrogen-bond acceptors (Lipinski definition) is 5. The summed E-state index contributed by atoms with van der Waals surface area (Å²) in [5.41, 5.74) is 2.06. The molecule has 0 unspecified atom stereocenters. The molecular formula is C19H23N3O2S. The third-order valence-electron chi connectivity index (χ3n) is 4.17. The molecule has 1 N–H and O–H groups in total. The predicted molar refractivity (Wildman–Crippen MR) is 101 cm³/mol. The van der Waals surface area contributed by atoms with E-state index in [1.165, 1.54) is 22.2 Å². The predicted octanol–water partition coefficient (Wildman–Crippen LogP) is 3.00. The highest BCUT2D eigenvalue weighted by molar-refractivity contribution is 7.15. The first-order valence-corrected chi connectivity index (χ1v) is 9.02. The van der Waals surface area contributed by atoms with Crippen LogP contribution in [0.15, 0.2) is 23.3 Å². The van der Waals surface area contributed by atoms with Gasteiger partial charge in [0.25, 0.3) is 5.56 Å². The van der Waals surface area contributed by atoms with Gasteiger partial charge in [0, 0.05) is 11.1 Å². The van der Waals surface area contributed by atoms with Crippen molar-refractivity contribution in [1.29, 1.82) is 0 Å². The van der Waals surface area contributed by atoms with Gasteiger partial charge in [-0.2, -0.15) is 9.61 Å². The van der Waals surface area contributed by atoms with E-state index in [9.17, 15) is 9.90 Å². The number of aromatic nitrogens is 3. The Morgan fingerprint density at radius 2 is 1.64 bits per heavy atom. The van der Waals surface area contributed by atoms with Gasteiger partial charge in [-0.1, -0.05) is 52.9 Å². The van der Waals surface area contributed by atoms with Gasteiger partial charge in [-0.15, -0.1) is 0 Å². The second-order valence-corrected chi connectivity index (χ2v) is 9.34. The molecule has 0 radical (unpaired) electrons. The smallest absolute Gasteiger partial charge is 0.291 e. The first-order chi connectivity index (χ1) is 11.5. The van der Waals surface area contributed by atoms with Gasteiger partial charge in [0.2, 0.25) is 4.96 Å².